The van der Waals surface area contributed by atoms with E-state index in [2.05, 4.69) is 31.0 Å². The average molecular weight is 212 g/mol. The Morgan fingerprint density at radius 2 is 2.00 bits per heavy atom. The van der Waals surface area contributed by atoms with Gasteiger partial charge in [0.05, 0.1) is 16.1 Å². The molecular formula is C10H10ClNS. The molecule has 0 spiro atoms. The standard InChI is InChI=1S/C10H10ClNS/c1-6-3-4-7(2)10-9(6)12-8(5-11)13-10/h3-4H,5H2,1-2H3. The van der Waals surface area contributed by atoms with E-state index in [9.17, 15) is 0 Å². The third-order valence-corrected chi connectivity index (χ3v) is 3.70. The van der Waals surface area contributed by atoms with E-state index in [0.717, 1.165) is 10.5 Å². The largest absolute Gasteiger partial charge is 0.240 e. The maximum absolute atomic E-state index is 5.75. The molecule has 0 saturated carbocycles. The van der Waals surface area contributed by atoms with Crippen molar-refractivity contribution in [2.75, 3.05) is 0 Å². The van der Waals surface area contributed by atoms with Gasteiger partial charge in [0.25, 0.3) is 0 Å². The summed E-state index contributed by atoms with van der Waals surface area (Å²) in [6.07, 6.45) is 0. The predicted octanol–water partition coefficient (Wildman–Crippen LogP) is 3.65. The van der Waals surface area contributed by atoms with Crippen LogP contribution in [0.5, 0.6) is 0 Å². The predicted molar refractivity (Wildman–Crippen MR) is 58.7 cm³/mol. The molecule has 0 amide bonds. The van der Waals surface area contributed by atoms with E-state index in [-0.39, 0.29) is 0 Å². The first-order valence-corrected chi connectivity index (χ1v) is 5.49. The zero-order valence-corrected chi connectivity index (χ0v) is 9.17. The fourth-order valence-corrected chi connectivity index (χ4v) is 2.54. The van der Waals surface area contributed by atoms with Gasteiger partial charge in [-0.05, 0) is 25.0 Å². The number of nitrogens with zero attached hydrogens (tertiary/aromatic N) is 1. The van der Waals surface area contributed by atoms with Crippen LogP contribution in [0.25, 0.3) is 10.2 Å². The van der Waals surface area contributed by atoms with Crippen molar-refractivity contribution in [3.05, 3.63) is 28.3 Å². The monoisotopic (exact) mass is 211 g/mol. The van der Waals surface area contributed by atoms with Crippen molar-refractivity contribution in [1.82, 2.24) is 4.98 Å². The second-order valence-corrected chi connectivity index (χ2v) is 4.47. The van der Waals surface area contributed by atoms with E-state index in [1.54, 1.807) is 11.3 Å². The second kappa shape index (κ2) is 3.28. The topological polar surface area (TPSA) is 12.9 Å². The Kier molecular flexibility index (Phi) is 2.26. The van der Waals surface area contributed by atoms with Gasteiger partial charge in [0.15, 0.2) is 0 Å². The van der Waals surface area contributed by atoms with Crippen molar-refractivity contribution in [2.24, 2.45) is 0 Å². The fraction of sp³-hybridized carbons (Fsp3) is 0.300. The molecule has 2 aromatic rings. The molecule has 0 bridgehead atoms. The van der Waals surface area contributed by atoms with Crippen molar-refractivity contribution in [3.63, 3.8) is 0 Å². The maximum Gasteiger partial charge on any atom is 0.109 e. The number of halogens is 1. The summed E-state index contributed by atoms with van der Waals surface area (Å²) in [5.74, 6) is 0.512. The second-order valence-electron chi connectivity index (χ2n) is 3.12. The lowest BCUT2D eigenvalue weighted by molar-refractivity contribution is 1.28. The summed E-state index contributed by atoms with van der Waals surface area (Å²) in [6.45, 7) is 4.19. The smallest absolute Gasteiger partial charge is 0.109 e. The molecule has 0 aliphatic heterocycles. The Bertz CT molecular complexity index is 408. The van der Waals surface area contributed by atoms with Gasteiger partial charge in [-0.3, -0.25) is 0 Å². The Labute approximate surface area is 86.4 Å². The van der Waals surface area contributed by atoms with Crippen LogP contribution >= 0.6 is 22.9 Å². The van der Waals surface area contributed by atoms with Gasteiger partial charge in [0.2, 0.25) is 0 Å². The van der Waals surface area contributed by atoms with Crippen molar-refractivity contribution in [3.8, 4) is 0 Å². The average Bonchev–Trinajstić information content (AvgIpc) is 2.56. The fourth-order valence-electron chi connectivity index (χ4n) is 1.36. The zero-order chi connectivity index (χ0) is 9.42. The molecule has 1 nitrogen and oxygen atoms in total. The normalized spacial score (nSPS) is 11.0. The number of fused-ring (bicyclic) bond motifs is 1. The van der Waals surface area contributed by atoms with Crippen LogP contribution < -0.4 is 0 Å². The number of hydrogen-bond donors (Lipinski definition) is 0. The van der Waals surface area contributed by atoms with Crippen molar-refractivity contribution >= 4 is 33.2 Å². The minimum atomic E-state index is 0.512. The molecule has 0 saturated heterocycles. The van der Waals surface area contributed by atoms with Gasteiger partial charge in [-0.15, -0.1) is 22.9 Å². The first-order chi connectivity index (χ1) is 6.22. The molecule has 1 heterocycles. The number of thiazole rings is 1. The lowest BCUT2D eigenvalue weighted by Crippen LogP contribution is -1.79. The highest BCUT2D eigenvalue weighted by Crippen LogP contribution is 2.28. The summed E-state index contributed by atoms with van der Waals surface area (Å²) in [7, 11) is 0. The van der Waals surface area contributed by atoms with E-state index in [0.29, 0.717) is 5.88 Å². The third-order valence-electron chi connectivity index (χ3n) is 2.10. The maximum atomic E-state index is 5.75. The highest BCUT2D eigenvalue weighted by molar-refractivity contribution is 7.19. The SMILES string of the molecule is Cc1ccc(C)c2sc(CCl)nc12. The van der Waals surface area contributed by atoms with Gasteiger partial charge in [-0.1, -0.05) is 12.1 Å². The molecule has 1 aromatic carbocycles. The molecular weight excluding hydrogens is 202 g/mol. The number of hydrogen-bond acceptors (Lipinski definition) is 2. The lowest BCUT2D eigenvalue weighted by Gasteiger charge is -1.96. The Balaban J connectivity index is 2.80. The number of alkyl halides is 1. The molecule has 68 valence electrons. The van der Waals surface area contributed by atoms with Gasteiger partial charge in [0, 0.05) is 0 Å². The van der Waals surface area contributed by atoms with E-state index in [4.69, 9.17) is 11.6 Å². The number of aromatic nitrogens is 1. The molecule has 0 N–H and O–H groups in total. The van der Waals surface area contributed by atoms with E-state index in [1.807, 2.05) is 0 Å². The van der Waals surface area contributed by atoms with Crippen LogP contribution in [0.1, 0.15) is 16.1 Å². The van der Waals surface area contributed by atoms with Crippen LogP contribution in [-0.4, -0.2) is 4.98 Å². The van der Waals surface area contributed by atoms with Crippen molar-refractivity contribution in [1.29, 1.82) is 0 Å². The molecule has 0 unspecified atom stereocenters. The van der Waals surface area contributed by atoms with E-state index in [1.165, 1.54) is 15.8 Å². The van der Waals surface area contributed by atoms with Gasteiger partial charge in [-0.2, -0.15) is 0 Å². The highest BCUT2D eigenvalue weighted by atomic mass is 35.5. The molecule has 3 heteroatoms. The van der Waals surface area contributed by atoms with Gasteiger partial charge in [0.1, 0.15) is 5.01 Å². The lowest BCUT2D eigenvalue weighted by atomic mass is 10.1. The number of rotatable bonds is 1. The Morgan fingerprint density at radius 3 is 2.62 bits per heavy atom. The van der Waals surface area contributed by atoms with Gasteiger partial charge < -0.3 is 0 Å². The summed E-state index contributed by atoms with van der Waals surface area (Å²) >= 11 is 7.45. The van der Waals surface area contributed by atoms with E-state index >= 15 is 0 Å². The van der Waals surface area contributed by atoms with Crippen LogP contribution in [0.2, 0.25) is 0 Å². The van der Waals surface area contributed by atoms with Crippen LogP contribution in [0.4, 0.5) is 0 Å². The summed E-state index contributed by atoms with van der Waals surface area (Å²) in [5.41, 5.74) is 3.63. The summed E-state index contributed by atoms with van der Waals surface area (Å²) in [5, 5.41) is 1.01. The molecule has 0 aliphatic carbocycles. The molecule has 0 radical (unpaired) electrons. The minimum absolute atomic E-state index is 0.512. The van der Waals surface area contributed by atoms with Crippen LogP contribution in [0.15, 0.2) is 12.1 Å². The van der Waals surface area contributed by atoms with Gasteiger partial charge >= 0.3 is 0 Å². The molecule has 0 fully saturated rings. The van der Waals surface area contributed by atoms with E-state index < -0.39 is 0 Å². The Morgan fingerprint density at radius 1 is 1.31 bits per heavy atom. The summed E-state index contributed by atoms with van der Waals surface area (Å²) in [6, 6.07) is 4.24. The van der Waals surface area contributed by atoms with Gasteiger partial charge in [-0.25, -0.2) is 4.98 Å². The molecule has 13 heavy (non-hydrogen) atoms. The summed E-state index contributed by atoms with van der Waals surface area (Å²) < 4.78 is 1.27. The van der Waals surface area contributed by atoms with Crippen LogP contribution in [0, 0.1) is 13.8 Å². The first kappa shape index (κ1) is 8.97. The molecule has 0 atom stereocenters. The third kappa shape index (κ3) is 1.45. The zero-order valence-electron chi connectivity index (χ0n) is 7.60. The number of benzene rings is 1. The highest BCUT2D eigenvalue weighted by Gasteiger charge is 2.06. The minimum Gasteiger partial charge on any atom is -0.240 e. The van der Waals surface area contributed by atoms with Crippen LogP contribution in [-0.2, 0) is 5.88 Å². The number of aryl methyl sites for hydroxylation is 2. The molecule has 2 rings (SSSR count). The van der Waals surface area contributed by atoms with Crippen LogP contribution in [0.3, 0.4) is 0 Å². The van der Waals surface area contributed by atoms with Crippen molar-refractivity contribution < 1.29 is 0 Å². The van der Waals surface area contributed by atoms with Crippen molar-refractivity contribution in [2.45, 2.75) is 19.7 Å². The Hall–Kier alpha value is -0.600. The molecule has 0 aliphatic rings. The quantitative estimate of drug-likeness (QED) is 0.657. The summed E-state index contributed by atoms with van der Waals surface area (Å²) in [4.78, 5) is 4.48. The first-order valence-electron chi connectivity index (χ1n) is 4.14. The molecule has 1 aromatic heterocycles.